The normalized spacial score (nSPS) is 17.8. The van der Waals surface area contributed by atoms with E-state index in [1.807, 2.05) is 0 Å². The number of aryl methyl sites for hydroxylation is 1. The number of nitrogens with zero attached hydrogens (tertiary/aromatic N) is 1. The molecule has 0 spiro atoms. The van der Waals surface area contributed by atoms with Gasteiger partial charge in [-0.25, -0.2) is 13.1 Å². The molecule has 0 radical (unpaired) electrons. The van der Waals surface area contributed by atoms with Crippen LogP contribution in [-0.2, 0) is 10.0 Å². The van der Waals surface area contributed by atoms with Crippen molar-refractivity contribution >= 4 is 15.7 Å². The van der Waals surface area contributed by atoms with Crippen molar-refractivity contribution in [1.29, 1.82) is 0 Å². The second-order valence-corrected chi connectivity index (χ2v) is 7.78. The number of rotatable bonds is 6. The molecule has 0 aliphatic heterocycles. The zero-order valence-corrected chi connectivity index (χ0v) is 14.0. The van der Waals surface area contributed by atoms with Crippen LogP contribution in [0.15, 0.2) is 23.1 Å². The fourth-order valence-electron chi connectivity index (χ4n) is 3.14. The van der Waals surface area contributed by atoms with E-state index in [0.717, 1.165) is 25.7 Å². The van der Waals surface area contributed by atoms with E-state index in [2.05, 4.69) is 4.72 Å². The standard InChI is InChI=1S/C15H23N3O4S/c1-11-9-13(7-8-15(11)18(19)20)23(21,22)17-14(10-16)12-5-3-2-4-6-12/h7-9,12,14,17H,2-6,10,16H2,1H3. The van der Waals surface area contributed by atoms with Crippen LogP contribution in [0, 0.1) is 23.0 Å². The minimum absolute atomic E-state index is 0.0369. The van der Waals surface area contributed by atoms with E-state index in [1.165, 1.54) is 31.5 Å². The van der Waals surface area contributed by atoms with Gasteiger partial charge in [-0.15, -0.1) is 0 Å². The molecule has 7 nitrogen and oxygen atoms in total. The Labute approximate surface area is 136 Å². The Morgan fingerprint density at radius 1 is 1.35 bits per heavy atom. The van der Waals surface area contributed by atoms with Gasteiger partial charge < -0.3 is 5.73 Å². The molecule has 1 aromatic rings. The maximum atomic E-state index is 12.5. The zero-order chi connectivity index (χ0) is 17.0. The van der Waals surface area contributed by atoms with Gasteiger partial charge in [0.05, 0.1) is 9.82 Å². The third-order valence-corrected chi connectivity index (χ3v) is 5.94. The summed E-state index contributed by atoms with van der Waals surface area (Å²) in [6, 6.07) is 3.52. The number of nitro groups is 1. The first-order valence-electron chi connectivity index (χ1n) is 7.82. The molecule has 1 aliphatic carbocycles. The number of nitrogens with two attached hydrogens (primary N) is 1. The average Bonchev–Trinajstić information content (AvgIpc) is 2.53. The van der Waals surface area contributed by atoms with E-state index in [9.17, 15) is 18.5 Å². The largest absolute Gasteiger partial charge is 0.329 e. The van der Waals surface area contributed by atoms with E-state index in [0.29, 0.717) is 5.56 Å². The topological polar surface area (TPSA) is 115 Å². The van der Waals surface area contributed by atoms with E-state index in [1.54, 1.807) is 0 Å². The Morgan fingerprint density at radius 3 is 2.52 bits per heavy atom. The van der Waals surface area contributed by atoms with Crippen LogP contribution in [0.5, 0.6) is 0 Å². The summed E-state index contributed by atoms with van der Waals surface area (Å²) in [5.41, 5.74) is 5.99. The van der Waals surface area contributed by atoms with Gasteiger partial charge in [-0.2, -0.15) is 0 Å². The van der Waals surface area contributed by atoms with Gasteiger partial charge in [-0.1, -0.05) is 19.3 Å². The lowest BCUT2D eigenvalue weighted by Crippen LogP contribution is -2.45. The average molecular weight is 341 g/mol. The van der Waals surface area contributed by atoms with Gasteiger partial charge in [0.15, 0.2) is 0 Å². The molecule has 0 aromatic heterocycles. The Morgan fingerprint density at radius 2 is 2.00 bits per heavy atom. The molecular formula is C15H23N3O4S. The van der Waals surface area contributed by atoms with Crippen molar-refractivity contribution in [3.05, 3.63) is 33.9 Å². The molecule has 1 unspecified atom stereocenters. The molecule has 8 heteroatoms. The lowest BCUT2D eigenvalue weighted by Gasteiger charge is -2.29. The van der Waals surface area contributed by atoms with Gasteiger partial charge in [-0.3, -0.25) is 10.1 Å². The maximum absolute atomic E-state index is 12.5. The van der Waals surface area contributed by atoms with Gasteiger partial charge in [0.1, 0.15) is 0 Å². The fourth-order valence-corrected chi connectivity index (χ4v) is 4.54. The predicted octanol–water partition coefficient (Wildman–Crippen LogP) is 2.09. The Hall–Kier alpha value is -1.51. The van der Waals surface area contributed by atoms with Crippen LogP contribution in [0.2, 0.25) is 0 Å². The lowest BCUT2D eigenvalue weighted by molar-refractivity contribution is -0.385. The van der Waals surface area contributed by atoms with Gasteiger partial charge in [-0.05, 0) is 37.8 Å². The number of benzene rings is 1. The fraction of sp³-hybridized carbons (Fsp3) is 0.600. The molecule has 0 bridgehead atoms. The molecule has 0 amide bonds. The summed E-state index contributed by atoms with van der Waals surface area (Å²) < 4.78 is 27.8. The smallest absolute Gasteiger partial charge is 0.272 e. The van der Waals surface area contributed by atoms with Gasteiger partial charge in [0, 0.05) is 24.2 Å². The van der Waals surface area contributed by atoms with Crippen molar-refractivity contribution in [1.82, 2.24) is 4.72 Å². The summed E-state index contributed by atoms with van der Waals surface area (Å²) in [6.07, 6.45) is 5.33. The molecule has 1 fully saturated rings. The van der Waals surface area contributed by atoms with E-state index in [-0.39, 0.29) is 29.1 Å². The van der Waals surface area contributed by atoms with Crippen LogP contribution in [0.1, 0.15) is 37.7 Å². The molecule has 0 heterocycles. The van der Waals surface area contributed by atoms with Crippen LogP contribution in [0.3, 0.4) is 0 Å². The number of nitrogens with one attached hydrogen (secondary N) is 1. The van der Waals surface area contributed by atoms with Crippen LogP contribution >= 0.6 is 0 Å². The summed E-state index contributed by atoms with van der Waals surface area (Å²) in [5.74, 6) is 0.252. The molecule has 0 saturated heterocycles. The first kappa shape index (κ1) is 17.8. The third-order valence-electron chi connectivity index (χ3n) is 4.45. The van der Waals surface area contributed by atoms with Gasteiger partial charge >= 0.3 is 0 Å². The molecule has 128 valence electrons. The molecule has 1 aliphatic rings. The first-order valence-corrected chi connectivity index (χ1v) is 9.31. The van der Waals surface area contributed by atoms with E-state index < -0.39 is 14.9 Å². The zero-order valence-electron chi connectivity index (χ0n) is 13.2. The highest BCUT2D eigenvalue weighted by Gasteiger charge is 2.28. The molecule has 2 rings (SSSR count). The second-order valence-electron chi connectivity index (χ2n) is 6.07. The Kier molecular flexibility index (Phi) is 5.72. The number of nitro benzene ring substituents is 1. The highest BCUT2D eigenvalue weighted by atomic mass is 32.2. The molecule has 23 heavy (non-hydrogen) atoms. The van der Waals surface area contributed by atoms with Crippen molar-refractivity contribution in [2.24, 2.45) is 11.7 Å². The van der Waals surface area contributed by atoms with Gasteiger partial charge in [0.2, 0.25) is 10.0 Å². The highest BCUT2D eigenvalue weighted by Crippen LogP contribution is 2.27. The van der Waals surface area contributed by atoms with Crippen molar-refractivity contribution in [2.45, 2.75) is 50.0 Å². The summed E-state index contributed by atoms with van der Waals surface area (Å²) in [6.45, 7) is 1.77. The molecule has 1 atom stereocenters. The first-order chi connectivity index (χ1) is 10.8. The van der Waals surface area contributed by atoms with Crippen molar-refractivity contribution < 1.29 is 13.3 Å². The van der Waals surface area contributed by atoms with Gasteiger partial charge in [0.25, 0.3) is 5.69 Å². The lowest BCUT2D eigenvalue weighted by atomic mass is 9.84. The summed E-state index contributed by atoms with van der Waals surface area (Å²) in [5, 5.41) is 10.8. The number of hydrogen-bond acceptors (Lipinski definition) is 5. The predicted molar refractivity (Wildman–Crippen MR) is 87.6 cm³/mol. The summed E-state index contributed by atoms with van der Waals surface area (Å²) >= 11 is 0. The molecular weight excluding hydrogens is 318 g/mol. The van der Waals surface area contributed by atoms with Crippen LogP contribution in [-0.4, -0.2) is 25.9 Å². The minimum atomic E-state index is -3.74. The molecule has 1 aromatic carbocycles. The van der Waals surface area contributed by atoms with E-state index in [4.69, 9.17) is 5.73 Å². The second kappa shape index (κ2) is 7.37. The van der Waals surface area contributed by atoms with E-state index >= 15 is 0 Å². The van der Waals surface area contributed by atoms with Crippen LogP contribution in [0.4, 0.5) is 5.69 Å². The number of sulfonamides is 1. The third kappa shape index (κ3) is 4.27. The molecule has 3 N–H and O–H groups in total. The maximum Gasteiger partial charge on any atom is 0.272 e. The van der Waals surface area contributed by atoms with Crippen molar-refractivity contribution in [2.75, 3.05) is 6.54 Å². The SMILES string of the molecule is Cc1cc(S(=O)(=O)NC(CN)C2CCCCC2)ccc1[N+](=O)[O-]. The monoisotopic (exact) mass is 341 g/mol. The Balaban J connectivity index is 2.20. The highest BCUT2D eigenvalue weighted by molar-refractivity contribution is 7.89. The number of hydrogen-bond donors (Lipinski definition) is 2. The summed E-state index contributed by atoms with van der Waals surface area (Å²) in [7, 11) is -3.74. The van der Waals surface area contributed by atoms with Crippen molar-refractivity contribution in [3.63, 3.8) is 0 Å². The van der Waals surface area contributed by atoms with Crippen LogP contribution in [0.25, 0.3) is 0 Å². The Bertz CT molecular complexity index is 669. The minimum Gasteiger partial charge on any atom is -0.329 e. The van der Waals surface area contributed by atoms with Crippen LogP contribution < -0.4 is 10.5 Å². The molecule has 1 saturated carbocycles. The summed E-state index contributed by atoms with van der Waals surface area (Å²) in [4.78, 5) is 10.4. The quantitative estimate of drug-likeness (QED) is 0.607. The van der Waals surface area contributed by atoms with Crippen molar-refractivity contribution in [3.8, 4) is 0 Å².